The summed E-state index contributed by atoms with van der Waals surface area (Å²) in [6.45, 7) is 7.56. The van der Waals surface area contributed by atoms with Crippen molar-refractivity contribution >= 4 is 17.6 Å². The minimum absolute atomic E-state index is 0.0330. The monoisotopic (exact) mass is 315 g/mol. The van der Waals surface area contributed by atoms with Crippen molar-refractivity contribution in [2.24, 2.45) is 0 Å². The second-order valence-electron chi connectivity index (χ2n) is 5.82. The van der Waals surface area contributed by atoms with Crippen LogP contribution in [0, 0.1) is 11.3 Å². The van der Waals surface area contributed by atoms with Gasteiger partial charge in [-0.1, -0.05) is 0 Å². The molecule has 0 atom stereocenters. The highest BCUT2D eigenvalue weighted by Crippen LogP contribution is 2.11. The fourth-order valence-electron chi connectivity index (χ4n) is 1.63. The van der Waals surface area contributed by atoms with Gasteiger partial charge >= 0.3 is 5.97 Å². The van der Waals surface area contributed by atoms with Gasteiger partial charge in [-0.3, -0.25) is 4.79 Å². The Morgan fingerprint density at radius 1 is 1.26 bits per heavy atom. The summed E-state index contributed by atoms with van der Waals surface area (Å²) in [5, 5.41) is 14.6. The molecule has 0 saturated carbocycles. The van der Waals surface area contributed by atoms with E-state index in [0.29, 0.717) is 17.9 Å². The van der Waals surface area contributed by atoms with E-state index in [1.165, 1.54) is 6.20 Å². The first-order chi connectivity index (χ1) is 10.8. The van der Waals surface area contributed by atoms with Gasteiger partial charge in [0.25, 0.3) is 5.91 Å². The van der Waals surface area contributed by atoms with E-state index in [1.807, 2.05) is 26.8 Å². The van der Waals surface area contributed by atoms with E-state index in [-0.39, 0.29) is 5.57 Å². The number of nitrogens with zero attached hydrogens (tertiary/aromatic N) is 1. The number of hydrogen-bond donors (Lipinski definition) is 2. The molecule has 0 bridgehead atoms. The third-order valence-electron chi connectivity index (χ3n) is 2.63. The number of amides is 1. The minimum atomic E-state index is -0.448. The van der Waals surface area contributed by atoms with Gasteiger partial charge in [0, 0.05) is 17.4 Å². The summed E-state index contributed by atoms with van der Waals surface area (Å²) in [6.07, 6.45) is 1.33. The van der Waals surface area contributed by atoms with Gasteiger partial charge in [0.1, 0.15) is 11.6 Å². The predicted molar refractivity (Wildman–Crippen MR) is 87.6 cm³/mol. The van der Waals surface area contributed by atoms with Crippen molar-refractivity contribution in [2.75, 3.05) is 11.9 Å². The molecule has 122 valence electrons. The average molecular weight is 315 g/mol. The van der Waals surface area contributed by atoms with E-state index in [1.54, 1.807) is 31.2 Å². The number of nitriles is 1. The van der Waals surface area contributed by atoms with Gasteiger partial charge in [-0.15, -0.1) is 0 Å². The maximum Gasteiger partial charge on any atom is 0.338 e. The molecule has 1 amide bonds. The van der Waals surface area contributed by atoms with E-state index >= 15 is 0 Å². The summed E-state index contributed by atoms with van der Waals surface area (Å²) in [4.78, 5) is 23.5. The third kappa shape index (κ3) is 6.22. The van der Waals surface area contributed by atoms with Crippen LogP contribution in [-0.4, -0.2) is 24.0 Å². The number of esters is 1. The van der Waals surface area contributed by atoms with Crippen LogP contribution in [0.15, 0.2) is 36.0 Å². The molecule has 0 aliphatic carbocycles. The molecule has 23 heavy (non-hydrogen) atoms. The predicted octanol–water partition coefficient (Wildman–Crippen LogP) is 2.60. The number of anilines is 1. The molecule has 2 N–H and O–H groups in total. The van der Waals surface area contributed by atoms with Gasteiger partial charge in [-0.05, 0) is 52.0 Å². The molecule has 1 rings (SSSR count). The lowest BCUT2D eigenvalue weighted by atomic mass is 10.1. The SMILES string of the molecule is CCOC(=O)c1ccc(N/C=C(/C#N)C(=O)NC(C)(C)C)cc1. The van der Waals surface area contributed by atoms with Crippen LogP contribution >= 0.6 is 0 Å². The number of carbonyl (C=O) groups excluding carboxylic acids is 2. The Bertz CT molecular complexity index is 635. The highest BCUT2D eigenvalue weighted by Gasteiger charge is 2.17. The van der Waals surface area contributed by atoms with Crippen LogP contribution < -0.4 is 10.6 Å². The summed E-state index contributed by atoms with van der Waals surface area (Å²) >= 11 is 0. The normalized spacial score (nSPS) is 11.3. The summed E-state index contributed by atoms with van der Waals surface area (Å²) < 4.78 is 4.89. The van der Waals surface area contributed by atoms with E-state index in [0.717, 1.165) is 0 Å². The maximum absolute atomic E-state index is 11.9. The minimum Gasteiger partial charge on any atom is -0.462 e. The van der Waals surface area contributed by atoms with Crippen LogP contribution in [0.4, 0.5) is 5.69 Å². The first-order valence-corrected chi connectivity index (χ1v) is 7.23. The topological polar surface area (TPSA) is 91.2 Å². The van der Waals surface area contributed by atoms with Crippen molar-refractivity contribution < 1.29 is 14.3 Å². The van der Waals surface area contributed by atoms with E-state index in [4.69, 9.17) is 10.00 Å². The Balaban J connectivity index is 2.77. The average Bonchev–Trinajstić information content (AvgIpc) is 2.47. The number of ether oxygens (including phenoxy) is 1. The van der Waals surface area contributed by atoms with Crippen LogP contribution in [-0.2, 0) is 9.53 Å². The van der Waals surface area contributed by atoms with Gasteiger partial charge < -0.3 is 15.4 Å². The fraction of sp³-hybridized carbons (Fsp3) is 0.353. The number of rotatable bonds is 5. The van der Waals surface area contributed by atoms with Gasteiger partial charge in [0.2, 0.25) is 0 Å². The molecule has 1 aromatic carbocycles. The van der Waals surface area contributed by atoms with Crippen LogP contribution in [0.3, 0.4) is 0 Å². The van der Waals surface area contributed by atoms with Crippen molar-refractivity contribution in [1.29, 1.82) is 5.26 Å². The van der Waals surface area contributed by atoms with Gasteiger partial charge in [-0.2, -0.15) is 5.26 Å². The highest BCUT2D eigenvalue weighted by atomic mass is 16.5. The molecule has 0 saturated heterocycles. The largest absolute Gasteiger partial charge is 0.462 e. The van der Waals surface area contributed by atoms with Gasteiger partial charge in [0.15, 0.2) is 0 Å². The smallest absolute Gasteiger partial charge is 0.338 e. The van der Waals surface area contributed by atoms with Crippen molar-refractivity contribution in [3.05, 3.63) is 41.6 Å². The first kappa shape index (κ1) is 18.2. The second-order valence-corrected chi connectivity index (χ2v) is 5.82. The lowest BCUT2D eigenvalue weighted by Crippen LogP contribution is -2.41. The molecule has 1 aromatic rings. The van der Waals surface area contributed by atoms with Crippen molar-refractivity contribution in [1.82, 2.24) is 5.32 Å². The second kappa shape index (κ2) is 7.99. The fourth-order valence-corrected chi connectivity index (χ4v) is 1.63. The molecule has 0 fully saturated rings. The zero-order valence-corrected chi connectivity index (χ0v) is 13.8. The maximum atomic E-state index is 11.9. The van der Waals surface area contributed by atoms with E-state index in [2.05, 4.69) is 10.6 Å². The lowest BCUT2D eigenvalue weighted by molar-refractivity contribution is -0.118. The zero-order chi connectivity index (χ0) is 17.5. The standard InChI is InChI=1S/C17H21N3O3/c1-5-23-16(22)12-6-8-14(9-7-12)19-11-13(10-18)15(21)20-17(2,3)4/h6-9,11,19H,5H2,1-4H3,(H,20,21)/b13-11-. The third-order valence-corrected chi connectivity index (χ3v) is 2.63. The molecule has 0 spiro atoms. The molecular weight excluding hydrogens is 294 g/mol. The van der Waals surface area contributed by atoms with E-state index in [9.17, 15) is 9.59 Å². The molecule has 0 aromatic heterocycles. The van der Waals surface area contributed by atoms with Crippen molar-refractivity contribution in [3.8, 4) is 6.07 Å². The summed E-state index contributed by atoms with van der Waals surface area (Å²) in [7, 11) is 0. The molecule has 0 radical (unpaired) electrons. The number of hydrogen-bond acceptors (Lipinski definition) is 5. The number of nitrogens with one attached hydrogen (secondary N) is 2. The highest BCUT2D eigenvalue weighted by molar-refractivity contribution is 5.98. The Labute approximate surface area is 136 Å². The Kier molecular flexibility index (Phi) is 6.34. The van der Waals surface area contributed by atoms with Crippen LogP contribution in [0.1, 0.15) is 38.1 Å². The molecule has 0 heterocycles. The van der Waals surface area contributed by atoms with Gasteiger partial charge in [-0.25, -0.2) is 4.79 Å². The molecule has 0 aliphatic heterocycles. The lowest BCUT2D eigenvalue weighted by Gasteiger charge is -2.20. The van der Waals surface area contributed by atoms with Crippen LogP contribution in [0.2, 0.25) is 0 Å². The summed E-state index contributed by atoms with van der Waals surface area (Å²) in [5.41, 5.74) is 0.630. The van der Waals surface area contributed by atoms with Crippen LogP contribution in [0.5, 0.6) is 0 Å². The van der Waals surface area contributed by atoms with Crippen molar-refractivity contribution in [2.45, 2.75) is 33.2 Å². The zero-order valence-electron chi connectivity index (χ0n) is 13.8. The van der Waals surface area contributed by atoms with Crippen molar-refractivity contribution in [3.63, 3.8) is 0 Å². The molecule has 0 unspecified atom stereocenters. The Hall–Kier alpha value is -2.81. The number of carbonyl (C=O) groups is 2. The summed E-state index contributed by atoms with van der Waals surface area (Å²) in [6, 6.07) is 8.40. The van der Waals surface area contributed by atoms with E-state index < -0.39 is 17.4 Å². The van der Waals surface area contributed by atoms with Gasteiger partial charge in [0.05, 0.1) is 12.2 Å². The Morgan fingerprint density at radius 2 is 1.87 bits per heavy atom. The number of benzene rings is 1. The Morgan fingerprint density at radius 3 is 2.35 bits per heavy atom. The quantitative estimate of drug-likeness (QED) is 0.495. The molecule has 6 heteroatoms. The summed E-state index contributed by atoms with van der Waals surface area (Å²) in [5.74, 6) is -0.840. The molecular formula is C17H21N3O3. The molecule has 6 nitrogen and oxygen atoms in total. The first-order valence-electron chi connectivity index (χ1n) is 7.23. The molecule has 0 aliphatic rings. The van der Waals surface area contributed by atoms with Crippen LogP contribution in [0.25, 0.3) is 0 Å².